The molecule has 0 aromatic carbocycles. The van der Waals surface area contributed by atoms with Crippen LogP contribution in [-0.2, 0) is 9.53 Å². The van der Waals surface area contributed by atoms with Crippen LogP contribution in [0.1, 0.15) is 27.2 Å². The molecule has 5 nitrogen and oxygen atoms in total. The minimum absolute atomic E-state index is 0. The molecule has 0 fully saturated rings. The molecule has 0 unspecified atom stereocenters. The summed E-state index contributed by atoms with van der Waals surface area (Å²) in [5.41, 5.74) is 5.67. The first-order valence-corrected chi connectivity index (χ1v) is 6.49. The van der Waals surface area contributed by atoms with Crippen LogP contribution < -0.4 is 11.1 Å². The van der Waals surface area contributed by atoms with Crippen LogP contribution in [0.25, 0.3) is 0 Å². The van der Waals surface area contributed by atoms with Gasteiger partial charge >= 0.3 is 0 Å². The van der Waals surface area contributed by atoms with E-state index in [1.54, 1.807) is 7.11 Å². The van der Waals surface area contributed by atoms with Crippen molar-refractivity contribution in [2.75, 3.05) is 40.4 Å². The highest BCUT2D eigenvalue weighted by Gasteiger charge is 2.26. The van der Waals surface area contributed by atoms with Gasteiger partial charge in [0.2, 0.25) is 5.91 Å². The summed E-state index contributed by atoms with van der Waals surface area (Å²) >= 11 is 0. The zero-order chi connectivity index (χ0) is 14.2. The van der Waals surface area contributed by atoms with Crippen LogP contribution in [0.5, 0.6) is 0 Å². The van der Waals surface area contributed by atoms with Crippen LogP contribution in [0.4, 0.5) is 0 Å². The van der Waals surface area contributed by atoms with Gasteiger partial charge in [0.05, 0.1) is 6.04 Å². The Kier molecular flexibility index (Phi) is 15.8. The predicted molar refractivity (Wildman–Crippen MR) is 88.9 cm³/mol. The molecule has 0 radical (unpaired) electrons. The Labute approximate surface area is 135 Å². The quantitative estimate of drug-likeness (QED) is 0.657. The molecule has 1 atom stereocenters. The van der Waals surface area contributed by atoms with Gasteiger partial charge in [-0.05, 0) is 18.9 Å². The molecule has 0 heterocycles. The molecule has 0 aromatic heterocycles. The summed E-state index contributed by atoms with van der Waals surface area (Å²) < 4.78 is 4.99. The minimum Gasteiger partial charge on any atom is -0.385 e. The monoisotopic (exact) mass is 331 g/mol. The van der Waals surface area contributed by atoms with Gasteiger partial charge in [0.15, 0.2) is 0 Å². The molecular weight excluding hydrogens is 301 g/mol. The highest BCUT2D eigenvalue weighted by molar-refractivity contribution is 5.85. The fourth-order valence-corrected chi connectivity index (χ4v) is 1.46. The van der Waals surface area contributed by atoms with Crippen molar-refractivity contribution in [3.8, 4) is 0 Å². The Balaban J connectivity index is -0.00000144. The van der Waals surface area contributed by atoms with Crippen LogP contribution in [-0.4, -0.2) is 57.2 Å². The van der Waals surface area contributed by atoms with Crippen molar-refractivity contribution in [3.63, 3.8) is 0 Å². The van der Waals surface area contributed by atoms with Crippen molar-refractivity contribution in [3.05, 3.63) is 0 Å². The van der Waals surface area contributed by atoms with E-state index in [9.17, 15) is 4.79 Å². The molecular formula is C13H31Cl2N3O2. The minimum atomic E-state index is -0.462. The summed E-state index contributed by atoms with van der Waals surface area (Å²) in [6.07, 6.45) is 1.00. The molecule has 0 aliphatic heterocycles. The van der Waals surface area contributed by atoms with E-state index in [4.69, 9.17) is 10.5 Å². The highest BCUT2D eigenvalue weighted by atomic mass is 35.5. The van der Waals surface area contributed by atoms with E-state index in [0.717, 1.165) is 26.1 Å². The topological polar surface area (TPSA) is 67.6 Å². The number of nitrogens with one attached hydrogen (secondary N) is 1. The summed E-state index contributed by atoms with van der Waals surface area (Å²) in [5.74, 6) is -0.0761. The third-order valence-electron chi connectivity index (χ3n) is 2.90. The number of carbonyl (C=O) groups is 1. The second kappa shape index (κ2) is 12.7. The van der Waals surface area contributed by atoms with Gasteiger partial charge in [-0.25, -0.2) is 0 Å². The SMILES string of the molecule is COCCCN(C)CCNC(=O)[C@@H](N)C(C)(C)C.Cl.Cl. The number of halogens is 2. The maximum Gasteiger partial charge on any atom is 0.237 e. The van der Waals surface area contributed by atoms with Gasteiger partial charge in [-0.3, -0.25) is 4.79 Å². The highest BCUT2D eigenvalue weighted by Crippen LogP contribution is 2.16. The molecule has 0 rings (SSSR count). The summed E-state index contributed by atoms with van der Waals surface area (Å²) in [6, 6.07) is -0.462. The molecule has 0 aliphatic rings. The average molecular weight is 332 g/mol. The van der Waals surface area contributed by atoms with Gasteiger partial charge in [0.25, 0.3) is 0 Å². The molecule has 3 N–H and O–H groups in total. The van der Waals surface area contributed by atoms with Gasteiger partial charge in [0.1, 0.15) is 0 Å². The van der Waals surface area contributed by atoms with Crippen molar-refractivity contribution in [2.45, 2.75) is 33.2 Å². The first-order chi connectivity index (χ1) is 8.29. The summed E-state index contributed by atoms with van der Waals surface area (Å²) in [4.78, 5) is 13.9. The normalized spacial score (nSPS) is 12.3. The van der Waals surface area contributed by atoms with Crippen molar-refractivity contribution < 1.29 is 9.53 Å². The summed E-state index contributed by atoms with van der Waals surface area (Å²) in [5, 5.41) is 2.87. The van der Waals surface area contributed by atoms with E-state index in [-0.39, 0.29) is 36.1 Å². The number of hydrogen-bond acceptors (Lipinski definition) is 4. The lowest BCUT2D eigenvalue weighted by molar-refractivity contribution is -0.124. The number of methoxy groups -OCH3 is 1. The zero-order valence-electron chi connectivity index (χ0n) is 13.3. The number of nitrogens with zero attached hydrogens (tertiary/aromatic N) is 1. The number of hydrogen-bond donors (Lipinski definition) is 2. The van der Waals surface area contributed by atoms with Crippen molar-refractivity contribution >= 4 is 30.7 Å². The molecule has 0 aromatic rings. The summed E-state index contributed by atoms with van der Waals surface area (Å²) in [6.45, 7) is 9.09. The maximum atomic E-state index is 11.8. The average Bonchev–Trinajstić information content (AvgIpc) is 2.27. The van der Waals surface area contributed by atoms with E-state index >= 15 is 0 Å². The molecule has 0 spiro atoms. The molecule has 0 aliphatic carbocycles. The third-order valence-corrected chi connectivity index (χ3v) is 2.90. The van der Waals surface area contributed by atoms with E-state index in [0.29, 0.717) is 6.54 Å². The second-order valence-electron chi connectivity index (χ2n) is 5.78. The first-order valence-electron chi connectivity index (χ1n) is 6.49. The summed E-state index contributed by atoms with van der Waals surface area (Å²) in [7, 11) is 3.74. The molecule has 0 saturated carbocycles. The third kappa shape index (κ3) is 11.7. The van der Waals surface area contributed by atoms with E-state index in [2.05, 4.69) is 10.2 Å². The number of carbonyl (C=O) groups excluding carboxylic acids is 1. The van der Waals surface area contributed by atoms with Gasteiger partial charge in [-0.2, -0.15) is 0 Å². The first kappa shape index (κ1) is 24.9. The van der Waals surface area contributed by atoms with Gasteiger partial charge in [-0.1, -0.05) is 20.8 Å². The van der Waals surface area contributed by atoms with Gasteiger partial charge in [-0.15, -0.1) is 24.8 Å². The Bertz CT molecular complexity index is 248. The lowest BCUT2D eigenvalue weighted by atomic mass is 9.87. The Morgan fingerprint density at radius 3 is 2.30 bits per heavy atom. The molecule has 1 amide bonds. The second-order valence-corrected chi connectivity index (χ2v) is 5.78. The fraction of sp³-hybridized carbons (Fsp3) is 0.923. The number of ether oxygens (including phenoxy) is 1. The fourth-order valence-electron chi connectivity index (χ4n) is 1.46. The number of likely N-dealkylation sites (N-methyl/N-ethyl adjacent to an activating group) is 1. The van der Waals surface area contributed by atoms with Crippen LogP contribution in [0.3, 0.4) is 0 Å². The van der Waals surface area contributed by atoms with E-state index in [1.807, 2.05) is 27.8 Å². The molecule has 0 bridgehead atoms. The maximum absolute atomic E-state index is 11.8. The van der Waals surface area contributed by atoms with Gasteiger partial charge in [0, 0.05) is 33.4 Å². The number of rotatable bonds is 8. The largest absolute Gasteiger partial charge is 0.385 e. The van der Waals surface area contributed by atoms with Gasteiger partial charge < -0.3 is 20.7 Å². The number of amides is 1. The Morgan fingerprint density at radius 1 is 1.30 bits per heavy atom. The lowest BCUT2D eigenvalue weighted by Gasteiger charge is -2.26. The van der Waals surface area contributed by atoms with Crippen LogP contribution in [0, 0.1) is 5.41 Å². The Morgan fingerprint density at radius 2 is 1.85 bits per heavy atom. The van der Waals surface area contributed by atoms with E-state index < -0.39 is 6.04 Å². The molecule has 0 saturated heterocycles. The smallest absolute Gasteiger partial charge is 0.237 e. The standard InChI is InChI=1S/C13H29N3O2.2ClH/c1-13(2,3)11(14)12(17)15-7-9-16(4)8-6-10-18-5;;/h11H,6-10,14H2,1-5H3,(H,15,17);2*1H/t11-;;/m1../s1. The lowest BCUT2D eigenvalue weighted by Crippen LogP contribution is -2.49. The molecule has 7 heteroatoms. The predicted octanol–water partition coefficient (Wildman–Crippen LogP) is 1.29. The molecule has 20 heavy (non-hydrogen) atoms. The molecule has 124 valence electrons. The van der Waals surface area contributed by atoms with Crippen molar-refractivity contribution in [1.82, 2.24) is 10.2 Å². The van der Waals surface area contributed by atoms with Crippen molar-refractivity contribution in [1.29, 1.82) is 0 Å². The van der Waals surface area contributed by atoms with Crippen molar-refractivity contribution in [2.24, 2.45) is 11.1 Å². The van der Waals surface area contributed by atoms with E-state index in [1.165, 1.54) is 0 Å². The zero-order valence-corrected chi connectivity index (χ0v) is 14.9. The Hall–Kier alpha value is -0.0700. The van der Waals surface area contributed by atoms with Crippen LogP contribution in [0.15, 0.2) is 0 Å². The number of nitrogens with two attached hydrogens (primary N) is 1. The van der Waals surface area contributed by atoms with Crippen LogP contribution in [0.2, 0.25) is 0 Å². The van der Waals surface area contributed by atoms with Crippen LogP contribution >= 0.6 is 24.8 Å².